The quantitative estimate of drug-likeness (QED) is 0.774. The molecule has 0 aliphatic heterocycles. The lowest BCUT2D eigenvalue weighted by molar-refractivity contribution is 0.766. The van der Waals surface area contributed by atoms with Crippen LogP contribution in [-0.4, -0.2) is 14.1 Å². The summed E-state index contributed by atoms with van der Waals surface area (Å²) in [7, 11) is 0. The summed E-state index contributed by atoms with van der Waals surface area (Å²) in [6.45, 7) is 3.87. The third kappa shape index (κ3) is 2.95. The van der Waals surface area contributed by atoms with Gasteiger partial charge in [-0.1, -0.05) is 17.7 Å². The number of halogens is 1. The van der Waals surface area contributed by atoms with Crippen molar-refractivity contribution in [3.05, 3.63) is 66.0 Å². The highest BCUT2D eigenvalue weighted by molar-refractivity contribution is 6.33. The van der Waals surface area contributed by atoms with Gasteiger partial charge in [-0.15, -0.1) is 0 Å². The van der Waals surface area contributed by atoms with Gasteiger partial charge >= 0.3 is 0 Å². The molecule has 3 aromatic rings. The van der Waals surface area contributed by atoms with Crippen LogP contribution in [0.5, 0.6) is 0 Å². The molecule has 0 atom stereocenters. The van der Waals surface area contributed by atoms with E-state index in [2.05, 4.69) is 40.3 Å². The zero-order valence-electron chi connectivity index (χ0n) is 11.8. The normalized spacial score (nSPS) is 10.8. The number of hydrogen-bond donors (Lipinski definition) is 1. The summed E-state index contributed by atoms with van der Waals surface area (Å²) < 4.78 is 4.08. The van der Waals surface area contributed by atoms with Crippen molar-refractivity contribution in [2.75, 3.05) is 5.32 Å². The van der Waals surface area contributed by atoms with Gasteiger partial charge in [-0.25, -0.2) is 4.98 Å². The van der Waals surface area contributed by atoms with Crippen LogP contribution in [0.4, 0.5) is 5.69 Å². The Hall–Kier alpha value is -2.20. The van der Waals surface area contributed by atoms with E-state index in [9.17, 15) is 0 Å². The van der Waals surface area contributed by atoms with Gasteiger partial charge in [0, 0.05) is 37.9 Å². The second-order valence-corrected chi connectivity index (χ2v) is 5.22. The first kappa shape index (κ1) is 13.8. The van der Waals surface area contributed by atoms with E-state index in [1.54, 1.807) is 12.5 Å². The van der Waals surface area contributed by atoms with E-state index in [4.69, 9.17) is 11.6 Å². The van der Waals surface area contributed by atoms with Crippen LogP contribution >= 0.6 is 11.6 Å². The molecule has 0 radical (unpaired) electrons. The Morgan fingerprint density at radius 1 is 1.24 bits per heavy atom. The number of imidazole rings is 1. The van der Waals surface area contributed by atoms with Crippen LogP contribution in [0.15, 0.2) is 55.4 Å². The fourth-order valence-electron chi connectivity index (χ4n) is 2.30. The fourth-order valence-corrected chi connectivity index (χ4v) is 2.57. The number of aromatic nitrogens is 3. The topological polar surface area (TPSA) is 34.8 Å². The molecule has 2 aromatic heterocycles. The molecule has 0 saturated carbocycles. The first-order valence-corrected chi connectivity index (χ1v) is 7.31. The average Bonchev–Trinajstić information content (AvgIpc) is 3.16. The van der Waals surface area contributed by atoms with Crippen molar-refractivity contribution in [2.24, 2.45) is 0 Å². The SMILES string of the molecule is CCn1ccc(CNc2cccc(Cl)c2-n2ccnc2)c1. The minimum absolute atomic E-state index is 0.698. The number of aryl methyl sites for hydroxylation is 1. The van der Waals surface area contributed by atoms with E-state index < -0.39 is 0 Å². The molecule has 0 bridgehead atoms. The Kier molecular flexibility index (Phi) is 3.97. The highest BCUT2D eigenvalue weighted by atomic mass is 35.5. The van der Waals surface area contributed by atoms with Crippen LogP contribution < -0.4 is 5.32 Å². The maximum absolute atomic E-state index is 6.34. The minimum Gasteiger partial charge on any atom is -0.379 e. The average molecular weight is 301 g/mol. The lowest BCUT2D eigenvalue weighted by Gasteiger charge is -2.13. The second-order valence-electron chi connectivity index (χ2n) is 4.81. The first-order chi connectivity index (χ1) is 10.3. The molecule has 0 aliphatic rings. The van der Waals surface area contributed by atoms with Crippen molar-refractivity contribution < 1.29 is 0 Å². The van der Waals surface area contributed by atoms with E-state index in [0.29, 0.717) is 5.02 Å². The lowest BCUT2D eigenvalue weighted by atomic mass is 10.2. The van der Waals surface area contributed by atoms with Crippen molar-refractivity contribution in [3.63, 3.8) is 0 Å². The Bertz CT molecular complexity index is 716. The van der Waals surface area contributed by atoms with E-state index in [0.717, 1.165) is 24.5 Å². The molecular formula is C16H17ClN4. The number of nitrogens with zero attached hydrogens (tertiary/aromatic N) is 3. The third-order valence-electron chi connectivity index (χ3n) is 3.41. The lowest BCUT2D eigenvalue weighted by Crippen LogP contribution is -2.04. The molecule has 2 heterocycles. The molecule has 1 N–H and O–H groups in total. The van der Waals surface area contributed by atoms with Crippen LogP contribution in [0.3, 0.4) is 0 Å². The first-order valence-electron chi connectivity index (χ1n) is 6.93. The van der Waals surface area contributed by atoms with Crippen LogP contribution in [0.1, 0.15) is 12.5 Å². The van der Waals surface area contributed by atoms with E-state index in [1.165, 1.54) is 5.56 Å². The molecule has 0 spiro atoms. The Balaban J connectivity index is 1.84. The fraction of sp³-hybridized carbons (Fsp3) is 0.188. The van der Waals surface area contributed by atoms with Gasteiger partial charge in [-0.05, 0) is 30.7 Å². The summed E-state index contributed by atoms with van der Waals surface area (Å²) in [4.78, 5) is 4.09. The monoisotopic (exact) mass is 300 g/mol. The summed E-state index contributed by atoms with van der Waals surface area (Å²) in [6, 6.07) is 7.98. The Morgan fingerprint density at radius 2 is 2.14 bits per heavy atom. The number of rotatable bonds is 5. The number of anilines is 1. The highest BCUT2D eigenvalue weighted by Crippen LogP contribution is 2.28. The zero-order valence-corrected chi connectivity index (χ0v) is 12.6. The predicted molar refractivity (Wildman–Crippen MR) is 86.0 cm³/mol. The number of hydrogen-bond acceptors (Lipinski definition) is 2. The summed E-state index contributed by atoms with van der Waals surface area (Å²) >= 11 is 6.34. The molecule has 5 heteroatoms. The molecule has 0 aliphatic carbocycles. The number of para-hydroxylation sites is 1. The van der Waals surface area contributed by atoms with E-state index in [-0.39, 0.29) is 0 Å². The molecule has 3 rings (SSSR count). The summed E-state index contributed by atoms with van der Waals surface area (Å²) in [5, 5.41) is 4.15. The van der Waals surface area contributed by atoms with Gasteiger partial charge in [0.25, 0.3) is 0 Å². The molecular weight excluding hydrogens is 284 g/mol. The molecule has 0 saturated heterocycles. The van der Waals surface area contributed by atoms with Gasteiger partial charge in [0.15, 0.2) is 0 Å². The largest absolute Gasteiger partial charge is 0.379 e. The standard InChI is InChI=1S/C16H17ClN4/c1-2-20-8-6-13(11-20)10-19-15-5-3-4-14(17)16(15)21-9-7-18-12-21/h3-9,11-12,19H,2,10H2,1H3. The molecule has 0 amide bonds. The van der Waals surface area contributed by atoms with Crippen LogP contribution in [0, 0.1) is 0 Å². The Morgan fingerprint density at radius 3 is 2.86 bits per heavy atom. The smallest absolute Gasteiger partial charge is 0.0992 e. The number of benzene rings is 1. The third-order valence-corrected chi connectivity index (χ3v) is 3.71. The van der Waals surface area contributed by atoms with Crippen molar-refractivity contribution in [3.8, 4) is 5.69 Å². The Labute approximate surface area is 129 Å². The van der Waals surface area contributed by atoms with Gasteiger partial charge in [-0.3, -0.25) is 0 Å². The van der Waals surface area contributed by atoms with Gasteiger partial charge in [-0.2, -0.15) is 0 Å². The maximum Gasteiger partial charge on any atom is 0.0992 e. The summed E-state index contributed by atoms with van der Waals surface area (Å²) in [5.74, 6) is 0. The van der Waals surface area contributed by atoms with Crippen molar-refractivity contribution >= 4 is 17.3 Å². The van der Waals surface area contributed by atoms with Crippen LogP contribution in [0.2, 0.25) is 5.02 Å². The van der Waals surface area contributed by atoms with Crippen molar-refractivity contribution in [2.45, 2.75) is 20.0 Å². The van der Waals surface area contributed by atoms with Gasteiger partial charge in [0.1, 0.15) is 0 Å². The van der Waals surface area contributed by atoms with Gasteiger partial charge in [0.05, 0.1) is 22.7 Å². The van der Waals surface area contributed by atoms with Crippen molar-refractivity contribution in [1.82, 2.24) is 14.1 Å². The van der Waals surface area contributed by atoms with E-state index >= 15 is 0 Å². The van der Waals surface area contributed by atoms with Crippen LogP contribution in [-0.2, 0) is 13.1 Å². The summed E-state index contributed by atoms with van der Waals surface area (Å²) in [6.07, 6.45) is 9.62. The number of nitrogens with one attached hydrogen (secondary N) is 1. The molecule has 0 fully saturated rings. The zero-order chi connectivity index (χ0) is 14.7. The highest BCUT2D eigenvalue weighted by Gasteiger charge is 2.08. The molecule has 0 unspecified atom stereocenters. The molecule has 4 nitrogen and oxygen atoms in total. The van der Waals surface area contributed by atoms with Gasteiger partial charge < -0.3 is 14.5 Å². The minimum atomic E-state index is 0.698. The maximum atomic E-state index is 6.34. The predicted octanol–water partition coefficient (Wildman–Crippen LogP) is 3.96. The van der Waals surface area contributed by atoms with E-state index in [1.807, 2.05) is 29.0 Å². The van der Waals surface area contributed by atoms with Crippen molar-refractivity contribution in [1.29, 1.82) is 0 Å². The molecule has 21 heavy (non-hydrogen) atoms. The molecule has 108 valence electrons. The molecule has 1 aromatic carbocycles. The van der Waals surface area contributed by atoms with Gasteiger partial charge in [0.2, 0.25) is 0 Å². The second kappa shape index (κ2) is 6.06. The summed E-state index contributed by atoms with van der Waals surface area (Å²) in [5.41, 5.74) is 3.16. The van der Waals surface area contributed by atoms with Crippen LogP contribution in [0.25, 0.3) is 5.69 Å².